The molecule has 6 nitrogen and oxygen atoms in total. The van der Waals surface area contributed by atoms with Crippen LogP contribution in [0.25, 0.3) is 33.7 Å². The smallest absolute Gasteiger partial charge is 0.232 e. The number of benzene rings is 2. The summed E-state index contributed by atoms with van der Waals surface area (Å²) < 4.78 is 46.8. The molecule has 0 radical (unpaired) electrons. The summed E-state index contributed by atoms with van der Waals surface area (Å²) in [5, 5.41) is 0.860. The monoisotopic (exact) mass is 467 g/mol. The van der Waals surface area contributed by atoms with Gasteiger partial charge in [0.05, 0.1) is 17.5 Å². The predicted molar refractivity (Wildman–Crippen MR) is 128 cm³/mol. The topological polar surface area (TPSA) is 79.2 Å². The van der Waals surface area contributed by atoms with E-state index >= 15 is 0 Å². The number of rotatable bonds is 8. The second kappa shape index (κ2) is 8.33. The Kier molecular flexibility index (Phi) is 5.48. The molecule has 0 bridgehead atoms. The van der Waals surface area contributed by atoms with Crippen molar-refractivity contribution >= 4 is 26.7 Å². The van der Waals surface area contributed by atoms with Crippen LogP contribution in [-0.4, -0.2) is 31.2 Å². The fourth-order valence-corrected chi connectivity index (χ4v) is 5.27. The Morgan fingerprint density at radius 1 is 1.21 bits per heavy atom. The molecule has 0 saturated heterocycles. The number of furan rings is 1. The van der Waals surface area contributed by atoms with Crippen molar-refractivity contribution in [1.82, 2.24) is 9.97 Å². The van der Waals surface area contributed by atoms with Gasteiger partial charge in [-0.15, -0.1) is 0 Å². The number of anilines is 1. The highest BCUT2D eigenvalue weighted by atomic mass is 32.2. The molecule has 1 aliphatic carbocycles. The van der Waals surface area contributed by atoms with Gasteiger partial charge in [-0.3, -0.25) is 4.31 Å². The number of imidazole rings is 1. The number of aromatic nitrogens is 2. The summed E-state index contributed by atoms with van der Waals surface area (Å²) in [7, 11) is -3.46. The van der Waals surface area contributed by atoms with E-state index in [0.29, 0.717) is 35.3 Å². The normalized spacial score (nSPS) is 14.2. The number of hydrogen-bond acceptors (Lipinski definition) is 4. The lowest BCUT2D eigenvalue weighted by molar-refractivity contribution is 0.594. The van der Waals surface area contributed by atoms with Crippen LogP contribution in [0.3, 0.4) is 0 Å². The standard InChI is InChI=1S/C25H26FN3O3S/c1-3-4-13-29(33(2,30)31)21-15-22-20(14-19(21)16-5-6-16)23(25-27-11-12-28-25)24(32-22)17-7-9-18(26)10-8-17/h7-12,14-16H,3-6,13H2,1-2H3,(H,27,28). The molecular formula is C25H26FN3O3S. The Labute approximate surface area is 192 Å². The molecule has 1 N–H and O–H groups in total. The quantitative estimate of drug-likeness (QED) is 0.341. The first-order chi connectivity index (χ1) is 15.9. The molecule has 1 aliphatic rings. The van der Waals surface area contributed by atoms with Crippen LogP contribution >= 0.6 is 0 Å². The first-order valence-corrected chi connectivity index (χ1v) is 13.1. The molecule has 5 rings (SSSR count). The second-order valence-corrected chi connectivity index (χ2v) is 10.5. The lowest BCUT2D eigenvalue weighted by atomic mass is 10.0. The number of sulfonamides is 1. The van der Waals surface area contributed by atoms with Crippen molar-refractivity contribution in [3.8, 4) is 22.7 Å². The highest BCUT2D eigenvalue weighted by molar-refractivity contribution is 7.92. The molecule has 8 heteroatoms. The van der Waals surface area contributed by atoms with Crippen LogP contribution in [-0.2, 0) is 10.0 Å². The minimum atomic E-state index is -3.46. The van der Waals surface area contributed by atoms with Crippen LogP contribution in [0.4, 0.5) is 10.1 Å². The Bertz CT molecular complexity index is 1390. The molecule has 1 fully saturated rings. The molecule has 0 aliphatic heterocycles. The van der Waals surface area contributed by atoms with E-state index in [1.54, 1.807) is 24.5 Å². The molecule has 1 saturated carbocycles. The van der Waals surface area contributed by atoms with Crippen molar-refractivity contribution in [2.75, 3.05) is 17.1 Å². The molecule has 2 aromatic carbocycles. The Balaban J connectivity index is 1.77. The zero-order chi connectivity index (χ0) is 23.2. The summed E-state index contributed by atoms with van der Waals surface area (Å²) >= 11 is 0. The second-order valence-electron chi connectivity index (χ2n) is 8.62. The van der Waals surface area contributed by atoms with E-state index in [2.05, 4.69) is 16.0 Å². The molecule has 0 amide bonds. The molecular weight excluding hydrogens is 441 g/mol. The largest absolute Gasteiger partial charge is 0.455 e. The van der Waals surface area contributed by atoms with Crippen LogP contribution < -0.4 is 4.31 Å². The van der Waals surface area contributed by atoms with Crippen LogP contribution in [0, 0.1) is 5.82 Å². The first-order valence-electron chi connectivity index (χ1n) is 11.2. The van der Waals surface area contributed by atoms with E-state index in [1.807, 2.05) is 13.0 Å². The van der Waals surface area contributed by atoms with Crippen molar-refractivity contribution in [2.24, 2.45) is 0 Å². The lowest BCUT2D eigenvalue weighted by Gasteiger charge is -2.25. The Hall–Kier alpha value is -3.13. The highest BCUT2D eigenvalue weighted by Crippen LogP contribution is 2.49. The maximum Gasteiger partial charge on any atom is 0.232 e. The zero-order valence-electron chi connectivity index (χ0n) is 18.6. The summed E-state index contributed by atoms with van der Waals surface area (Å²) in [6.07, 6.45) is 8.40. The lowest BCUT2D eigenvalue weighted by Crippen LogP contribution is -2.31. The van der Waals surface area contributed by atoms with Gasteiger partial charge in [0.15, 0.2) is 0 Å². The third-order valence-corrected chi connectivity index (χ3v) is 7.26. The third-order valence-electron chi connectivity index (χ3n) is 6.08. The van der Waals surface area contributed by atoms with E-state index < -0.39 is 10.0 Å². The molecule has 172 valence electrons. The Morgan fingerprint density at radius 2 is 1.97 bits per heavy atom. The van der Waals surface area contributed by atoms with Crippen molar-refractivity contribution in [3.05, 3.63) is 60.2 Å². The summed E-state index contributed by atoms with van der Waals surface area (Å²) in [6, 6.07) is 10.0. The summed E-state index contributed by atoms with van der Waals surface area (Å²) in [5.41, 5.74) is 3.79. The van der Waals surface area contributed by atoms with Gasteiger partial charge in [0.2, 0.25) is 10.0 Å². The van der Waals surface area contributed by atoms with Gasteiger partial charge in [0.25, 0.3) is 0 Å². The number of unbranched alkanes of at least 4 members (excludes halogenated alkanes) is 1. The van der Waals surface area contributed by atoms with Gasteiger partial charge in [0.1, 0.15) is 23.0 Å². The number of nitrogens with zero attached hydrogens (tertiary/aromatic N) is 2. The minimum absolute atomic E-state index is 0.323. The van der Waals surface area contributed by atoms with Gasteiger partial charge in [-0.05, 0) is 61.1 Å². The average molecular weight is 468 g/mol. The number of H-pyrrole nitrogens is 1. The van der Waals surface area contributed by atoms with E-state index in [9.17, 15) is 12.8 Å². The summed E-state index contributed by atoms with van der Waals surface area (Å²) in [6.45, 7) is 2.47. The van der Waals surface area contributed by atoms with Gasteiger partial charge in [-0.25, -0.2) is 17.8 Å². The number of halogens is 1. The maximum absolute atomic E-state index is 13.6. The van der Waals surface area contributed by atoms with E-state index in [4.69, 9.17) is 4.42 Å². The summed E-state index contributed by atoms with van der Waals surface area (Å²) in [4.78, 5) is 7.60. The number of fused-ring (bicyclic) bond motifs is 1. The van der Waals surface area contributed by atoms with Gasteiger partial charge >= 0.3 is 0 Å². The third kappa shape index (κ3) is 4.15. The summed E-state index contributed by atoms with van der Waals surface area (Å²) in [5.74, 6) is 1.21. The van der Waals surface area contributed by atoms with E-state index in [1.165, 1.54) is 22.7 Å². The number of nitrogens with one attached hydrogen (secondary N) is 1. The maximum atomic E-state index is 13.6. The molecule has 0 atom stereocenters. The van der Waals surface area contributed by atoms with Crippen LogP contribution in [0.5, 0.6) is 0 Å². The van der Waals surface area contributed by atoms with E-state index in [-0.39, 0.29) is 5.82 Å². The van der Waals surface area contributed by atoms with Gasteiger partial charge in [-0.1, -0.05) is 13.3 Å². The molecule has 4 aromatic rings. The first kappa shape index (κ1) is 21.7. The van der Waals surface area contributed by atoms with Gasteiger partial charge < -0.3 is 9.40 Å². The van der Waals surface area contributed by atoms with Gasteiger partial charge in [-0.2, -0.15) is 0 Å². The average Bonchev–Trinajstić information content (AvgIpc) is 3.35. The fraction of sp³-hybridized carbons (Fsp3) is 0.320. The van der Waals surface area contributed by atoms with Crippen molar-refractivity contribution in [3.63, 3.8) is 0 Å². The van der Waals surface area contributed by atoms with Crippen molar-refractivity contribution in [1.29, 1.82) is 0 Å². The van der Waals surface area contributed by atoms with Gasteiger partial charge in [0, 0.05) is 36.0 Å². The zero-order valence-corrected chi connectivity index (χ0v) is 19.5. The van der Waals surface area contributed by atoms with Crippen molar-refractivity contribution < 1.29 is 17.2 Å². The molecule has 33 heavy (non-hydrogen) atoms. The highest BCUT2D eigenvalue weighted by Gasteiger charge is 2.32. The number of aromatic amines is 1. The molecule has 2 aromatic heterocycles. The van der Waals surface area contributed by atoms with Crippen LogP contribution in [0.1, 0.15) is 44.1 Å². The molecule has 0 unspecified atom stereocenters. The fourth-order valence-electron chi connectivity index (χ4n) is 4.29. The van der Waals surface area contributed by atoms with Crippen LogP contribution in [0.2, 0.25) is 0 Å². The number of hydrogen-bond donors (Lipinski definition) is 1. The van der Waals surface area contributed by atoms with E-state index in [0.717, 1.165) is 47.8 Å². The molecule has 2 heterocycles. The Morgan fingerprint density at radius 3 is 2.58 bits per heavy atom. The van der Waals surface area contributed by atoms with Crippen LogP contribution in [0.15, 0.2) is 53.2 Å². The molecule has 0 spiro atoms. The van der Waals surface area contributed by atoms with Crippen molar-refractivity contribution in [2.45, 2.75) is 38.5 Å². The minimum Gasteiger partial charge on any atom is -0.455 e. The SMILES string of the molecule is CCCCN(c1cc2oc(-c3ccc(F)cc3)c(-c3ncc[nH]3)c2cc1C1CC1)S(C)(=O)=O. The predicted octanol–water partition coefficient (Wildman–Crippen LogP) is 6.07.